The van der Waals surface area contributed by atoms with E-state index < -0.39 is 13.5 Å². The molecule has 0 bridgehead atoms. The number of rotatable bonds is 8. The van der Waals surface area contributed by atoms with Crippen LogP contribution in [-0.4, -0.2) is 52.2 Å². The molecule has 6 N–H and O–H groups in total. The maximum Gasteiger partial charge on any atom is 0.490 e. The fourth-order valence-corrected chi connectivity index (χ4v) is 3.57. The number of hydrogen-bond donors (Lipinski definition) is 6. The molecule has 2 atom stereocenters. The van der Waals surface area contributed by atoms with E-state index in [0.717, 1.165) is 5.69 Å². The molecule has 3 heterocycles. The first-order valence-electron chi connectivity index (χ1n) is 8.70. The van der Waals surface area contributed by atoms with E-state index in [1.807, 2.05) is 30.5 Å². The Balaban J connectivity index is 1.88. The van der Waals surface area contributed by atoms with Crippen molar-refractivity contribution >= 4 is 29.7 Å². The largest absolute Gasteiger partial charge is 0.490 e. The van der Waals surface area contributed by atoms with Crippen LogP contribution in [0.15, 0.2) is 41.8 Å². The summed E-state index contributed by atoms with van der Waals surface area (Å²) in [5, 5.41) is 40.6. The van der Waals surface area contributed by atoms with Crippen molar-refractivity contribution in [1.82, 2.24) is 20.6 Å². The SMILES string of the molecule is CCNC(O)Nc1cc(-c2nc(C3C=CC=C(OC)N3)cs2)c(B(O)O)cn1. The number of dihydropyridines is 1. The lowest BCUT2D eigenvalue weighted by Gasteiger charge is -2.18. The van der Waals surface area contributed by atoms with Crippen LogP contribution < -0.4 is 21.4 Å². The van der Waals surface area contributed by atoms with Crippen LogP contribution in [-0.2, 0) is 4.74 Å². The van der Waals surface area contributed by atoms with Crippen molar-refractivity contribution in [2.75, 3.05) is 19.0 Å². The summed E-state index contributed by atoms with van der Waals surface area (Å²) in [5.74, 6) is 1.02. The van der Waals surface area contributed by atoms with Gasteiger partial charge in [-0.1, -0.05) is 19.1 Å². The summed E-state index contributed by atoms with van der Waals surface area (Å²) in [4.78, 5) is 8.76. The number of allylic oxidation sites excluding steroid dienone is 2. The van der Waals surface area contributed by atoms with E-state index in [-0.39, 0.29) is 11.5 Å². The second kappa shape index (κ2) is 9.17. The number of nitrogens with one attached hydrogen (secondary N) is 3. The molecule has 148 valence electrons. The lowest BCUT2D eigenvalue weighted by atomic mass is 9.78. The van der Waals surface area contributed by atoms with Gasteiger partial charge < -0.3 is 30.5 Å². The second-order valence-corrected chi connectivity index (χ2v) is 6.81. The first-order chi connectivity index (χ1) is 13.5. The zero-order valence-electron chi connectivity index (χ0n) is 15.5. The van der Waals surface area contributed by atoms with Crippen molar-refractivity contribution in [2.24, 2.45) is 0 Å². The van der Waals surface area contributed by atoms with Gasteiger partial charge >= 0.3 is 7.12 Å². The molecule has 2 unspecified atom stereocenters. The molecule has 0 saturated carbocycles. The molecular weight excluding hydrogens is 381 g/mol. The summed E-state index contributed by atoms with van der Waals surface area (Å²) in [6.45, 7) is 2.44. The number of aliphatic hydroxyl groups excluding tert-OH is 1. The van der Waals surface area contributed by atoms with Gasteiger partial charge in [-0.25, -0.2) is 9.97 Å². The Morgan fingerprint density at radius 1 is 1.43 bits per heavy atom. The van der Waals surface area contributed by atoms with E-state index in [4.69, 9.17) is 4.74 Å². The molecule has 0 radical (unpaired) electrons. The van der Waals surface area contributed by atoms with E-state index in [9.17, 15) is 15.2 Å². The third-order valence-electron chi connectivity index (χ3n) is 4.03. The highest BCUT2D eigenvalue weighted by Crippen LogP contribution is 2.28. The Bertz CT molecular complexity index is 873. The van der Waals surface area contributed by atoms with E-state index in [1.165, 1.54) is 17.5 Å². The first-order valence-corrected chi connectivity index (χ1v) is 9.58. The summed E-state index contributed by atoms with van der Waals surface area (Å²) < 4.78 is 5.22. The third-order valence-corrected chi connectivity index (χ3v) is 4.93. The lowest BCUT2D eigenvalue weighted by Crippen LogP contribution is -2.37. The second-order valence-electron chi connectivity index (χ2n) is 5.95. The highest BCUT2D eigenvalue weighted by Gasteiger charge is 2.22. The van der Waals surface area contributed by atoms with Crippen molar-refractivity contribution in [1.29, 1.82) is 0 Å². The minimum absolute atomic E-state index is 0.151. The van der Waals surface area contributed by atoms with Gasteiger partial charge in [0.2, 0.25) is 0 Å². The molecule has 3 rings (SSSR count). The van der Waals surface area contributed by atoms with Gasteiger partial charge in [0, 0.05) is 22.6 Å². The van der Waals surface area contributed by atoms with Crippen LogP contribution in [0, 0.1) is 0 Å². The van der Waals surface area contributed by atoms with Crippen molar-refractivity contribution in [3.05, 3.63) is 47.4 Å². The van der Waals surface area contributed by atoms with Gasteiger partial charge in [0.05, 0.1) is 18.8 Å². The molecule has 0 aromatic carbocycles. The number of aromatic nitrogens is 2. The third kappa shape index (κ3) is 4.69. The molecule has 0 saturated heterocycles. The Kier molecular flexibility index (Phi) is 6.65. The molecule has 28 heavy (non-hydrogen) atoms. The van der Waals surface area contributed by atoms with Gasteiger partial charge in [0.1, 0.15) is 10.8 Å². The molecule has 2 aromatic rings. The zero-order valence-corrected chi connectivity index (χ0v) is 16.3. The minimum atomic E-state index is -1.70. The summed E-state index contributed by atoms with van der Waals surface area (Å²) in [7, 11) is -0.109. The summed E-state index contributed by atoms with van der Waals surface area (Å²) >= 11 is 1.37. The molecular formula is C17H22BN5O4S. The average Bonchev–Trinajstić information content (AvgIpc) is 3.18. The average molecular weight is 403 g/mol. The first kappa shape index (κ1) is 20.3. The van der Waals surface area contributed by atoms with Crippen LogP contribution in [0.3, 0.4) is 0 Å². The number of aliphatic hydroxyl groups is 1. The van der Waals surface area contributed by atoms with Crippen LogP contribution in [0.5, 0.6) is 0 Å². The van der Waals surface area contributed by atoms with Crippen LogP contribution >= 0.6 is 11.3 Å². The van der Waals surface area contributed by atoms with E-state index in [2.05, 4.69) is 25.9 Å². The van der Waals surface area contributed by atoms with Crippen molar-refractivity contribution in [3.8, 4) is 10.6 Å². The number of hydrogen-bond acceptors (Lipinski definition) is 10. The van der Waals surface area contributed by atoms with Gasteiger partial charge in [0.15, 0.2) is 12.2 Å². The topological polar surface area (TPSA) is 132 Å². The van der Waals surface area contributed by atoms with E-state index in [1.54, 1.807) is 13.2 Å². The maximum absolute atomic E-state index is 9.86. The maximum atomic E-state index is 9.86. The molecule has 0 fully saturated rings. The molecule has 0 amide bonds. The van der Waals surface area contributed by atoms with Gasteiger partial charge in [-0.2, -0.15) is 0 Å². The summed E-state index contributed by atoms with van der Waals surface area (Å²) in [6.07, 6.45) is 6.04. The number of anilines is 1. The quantitative estimate of drug-likeness (QED) is 0.264. The predicted octanol–water partition coefficient (Wildman–Crippen LogP) is -0.130. The number of methoxy groups -OCH3 is 1. The fourth-order valence-electron chi connectivity index (χ4n) is 2.68. The monoisotopic (exact) mass is 403 g/mol. The Morgan fingerprint density at radius 2 is 2.25 bits per heavy atom. The molecule has 9 nitrogen and oxygen atoms in total. The van der Waals surface area contributed by atoms with Crippen LogP contribution in [0.2, 0.25) is 0 Å². The number of ether oxygens (including phenoxy) is 1. The van der Waals surface area contributed by atoms with Gasteiger partial charge in [0.25, 0.3) is 0 Å². The van der Waals surface area contributed by atoms with Crippen LogP contribution in [0.4, 0.5) is 5.82 Å². The molecule has 0 spiro atoms. The van der Waals surface area contributed by atoms with Crippen molar-refractivity contribution < 1.29 is 19.9 Å². The molecule has 11 heteroatoms. The van der Waals surface area contributed by atoms with E-state index in [0.29, 0.717) is 28.8 Å². The van der Waals surface area contributed by atoms with Crippen molar-refractivity contribution in [2.45, 2.75) is 19.3 Å². The molecule has 0 aliphatic carbocycles. The van der Waals surface area contributed by atoms with Gasteiger partial charge in [-0.15, -0.1) is 11.3 Å². The van der Waals surface area contributed by atoms with Crippen molar-refractivity contribution in [3.63, 3.8) is 0 Å². The Morgan fingerprint density at radius 3 is 2.96 bits per heavy atom. The van der Waals surface area contributed by atoms with Gasteiger partial charge in [-0.3, -0.25) is 5.32 Å². The fraction of sp³-hybridized carbons (Fsp3) is 0.294. The number of nitrogens with zero attached hydrogens (tertiary/aromatic N) is 2. The Labute approximate surface area is 167 Å². The predicted molar refractivity (Wildman–Crippen MR) is 109 cm³/mol. The van der Waals surface area contributed by atoms with Gasteiger partial charge in [-0.05, 0) is 18.7 Å². The summed E-state index contributed by atoms with van der Waals surface area (Å²) in [6, 6.07) is 1.48. The number of pyridine rings is 1. The standard InChI is InChI=1S/C17H22BN5O4S/c1-3-19-17(24)23-14-7-10(11(8-20-14)18(25)26)16-22-13(9-28-16)12-5-4-6-15(21-12)27-2/h4-9,12,17,19,21,24-26H,3H2,1-2H3,(H,20,23). The van der Waals surface area contributed by atoms with Crippen LogP contribution in [0.25, 0.3) is 10.6 Å². The highest BCUT2D eigenvalue weighted by atomic mass is 32.1. The molecule has 2 aromatic heterocycles. The molecule has 1 aliphatic rings. The zero-order chi connectivity index (χ0) is 20.1. The smallest absolute Gasteiger partial charge is 0.483 e. The lowest BCUT2D eigenvalue weighted by molar-refractivity contribution is 0.167. The Hall–Kier alpha value is -2.44. The van der Waals surface area contributed by atoms with E-state index >= 15 is 0 Å². The highest BCUT2D eigenvalue weighted by molar-refractivity contribution is 7.13. The normalized spacial score (nSPS) is 16.9. The minimum Gasteiger partial charge on any atom is -0.483 e. The molecule has 1 aliphatic heterocycles. The summed E-state index contributed by atoms with van der Waals surface area (Å²) in [5.41, 5.74) is 1.53. The van der Waals surface area contributed by atoms with Crippen LogP contribution in [0.1, 0.15) is 18.7 Å². The number of thiazole rings is 1.